The van der Waals surface area contributed by atoms with Crippen LogP contribution in [0.1, 0.15) is 6.92 Å². The number of benzene rings is 2. The number of thioether (sulfide) groups is 1. The Labute approximate surface area is 147 Å². The maximum atomic E-state index is 13.0. The summed E-state index contributed by atoms with van der Waals surface area (Å²) in [5.41, 5.74) is 6.29. The molecule has 3 aromatic rings. The van der Waals surface area contributed by atoms with Gasteiger partial charge < -0.3 is 5.73 Å². The summed E-state index contributed by atoms with van der Waals surface area (Å²) >= 11 is 7.20. The summed E-state index contributed by atoms with van der Waals surface area (Å²) in [5.74, 6) is -0.472. The van der Waals surface area contributed by atoms with Gasteiger partial charge in [-0.25, -0.2) is 4.98 Å². The van der Waals surface area contributed by atoms with Crippen molar-refractivity contribution >= 4 is 40.2 Å². The van der Waals surface area contributed by atoms with Gasteiger partial charge in [0.15, 0.2) is 5.16 Å². The molecule has 1 heterocycles. The standard InChI is InChI=1S/C17H14ClN3O2S/c1-10(15(19)22)24-17-20-14-8-3-2-7-13(14)16(23)21(17)12-6-4-5-11(18)9-12/h2-10H,1H3,(H2,19,22). The number of primary amides is 1. The van der Waals surface area contributed by atoms with Crippen LogP contribution in [0.5, 0.6) is 0 Å². The van der Waals surface area contributed by atoms with Crippen molar-refractivity contribution in [3.63, 3.8) is 0 Å². The minimum Gasteiger partial charge on any atom is -0.369 e. The van der Waals surface area contributed by atoms with Crippen molar-refractivity contribution in [2.45, 2.75) is 17.3 Å². The normalized spacial score (nSPS) is 12.2. The number of halogens is 1. The highest BCUT2D eigenvalue weighted by molar-refractivity contribution is 8.00. The molecule has 1 unspecified atom stereocenters. The number of fused-ring (bicyclic) bond motifs is 1. The Bertz CT molecular complexity index is 987. The van der Waals surface area contributed by atoms with E-state index in [2.05, 4.69) is 4.98 Å². The lowest BCUT2D eigenvalue weighted by atomic mass is 10.2. The van der Waals surface area contributed by atoms with Gasteiger partial charge in [-0.3, -0.25) is 14.2 Å². The van der Waals surface area contributed by atoms with Crippen LogP contribution in [0.15, 0.2) is 58.5 Å². The second-order valence-corrected chi connectivity index (χ2v) is 6.94. The van der Waals surface area contributed by atoms with Gasteiger partial charge in [0, 0.05) is 5.02 Å². The van der Waals surface area contributed by atoms with Crippen LogP contribution < -0.4 is 11.3 Å². The highest BCUT2D eigenvalue weighted by Gasteiger charge is 2.18. The number of carbonyl (C=O) groups is 1. The summed E-state index contributed by atoms with van der Waals surface area (Å²) < 4.78 is 1.46. The van der Waals surface area contributed by atoms with E-state index < -0.39 is 11.2 Å². The Hall–Kier alpha value is -2.31. The molecule has 0 fully saturated rings. The molecule has 0 radical (unpaired) electrons. The van der Waals surface area contributed by atoms with Crippen molar-refractivity contribution in [1.29, 1.82) is 0 Å². The second-order valence-electron chi connectivity index (χ2n) is 5.19. The van der Waals surface area contributed by atoms with Crippen LogP contribution in [0.4, 0.5) is 0 Å². The van der Waals surface area contributed by atoms with E-state index >= 15 is 0 Å². The predicted molar refractivity (Wildman–Crippen MR) is 96.9 cm³/mol. The number of hydrogen-bond donors (Lipinski definition) is 1. The van der Waals surface area contributed by atoms with Crippen LogP contribution in [0.2, 0.25) is 5.02 Å². The number of aromatic nitrogens is 2. The average Bonchev–Trinajstić information content (AvgIpc) is 2.55. The first-order valence-corrected chi connectivity index (χ1v) is 8.47. The first kappa shape index (κ1) is 16.5. The molecule has 2 aromatic carbocycles. The van der Waals surface area contributed by atoms with Crippen molar-refractivity contribution in [3.8, 4) is 5.69 Å². The molecule has 1 aromatic heterocycles. The Kier molecular flexibility index (Phi) is 4.59. The number of amides is 1. The lowest BCUT2D eigenvalue weighted by Crippen LogP contribution is -2.26. The zero-order valence-corrected chi connectivity index (χ0v) is 14.3. The number of carbonyl (C=O) groups excluding carboxylic acids is 1. The van der Waals surface area contributed by atoms with Crippen molar-refractivity contribution in [2.75, 3.05) is 0 Å². The van der Waals surface area contributed by atoms with Gasteiger partial charge in [0.25, 0.3) is 5.56 Å². The lowest BCUT2D eigenvalue weighted by Gasteiger charge is -2.15. The van der Waals surface area contributed by atoms with Crippen LogP contribution >= 0.6 is 23.4 Å². The van der Waals surface area contributed by atoms with Crippen molar-refractivity contribution in [2.24, 2.45) is 5.73 Å². The van der Waals surface area contributed by atoms with E-state index in [0.29, 0.717) is 26.8 Å². The van der Waals surface area contributed by atoms with E-state index in [4.69, 9.17) is 17.3 Å². The molecule has 0 aliphatic rings. The maximum absolute atomic E-state index is 13.0. The summed E-state index contributed by atoms with van der Waals surface area (Å²) in [7, 11) is 0. The third-order valence-corrected chi connectivity index (χ3v) is 4.80. The third-order valence-electron chi connectivity index (χ3n) is 3.49. The number of rotatable bonds is 4. The van der Waals surface area contributed by atoms with Gasteiger partial charge in [-0.1, -0.05) is 41.6 Å². The minimum absolute atomic E-state index is 0.220. The monoisotopic (exact) mass is 359 g/mol. The van der Waals surface area contributed by atoms with E-state index in [0.717, 1.165) is 11.8 Å². The highest BCUT2D eigenvalue weighted by atomic mass is 35.5. The highest BCUT2D eigenvalue weighted by Crippen LogP contribution is 2.25. The van der Waals surface area contributed by atoms with Crippen LogP contribution in [0, 0.1) is 0 Å². The Morgan fingerprint density at radius 2 is 2.00 bits per heavy atom. The van der Waals surface area contributed by atoms with Crippen LogP contribution in [0.3, 0.4) is 0 Å². The fourth-order valence-corrected chi connectivity index (χ4v) is 3.31. The maximum Gasteiger partial charge on any atom is 0.266 e. The molecule has 0 saturated carbocycles. The van der Waals surface area contributed by atoms with Gasteiger partial charge in [0.1, 0.15) is 0 Å². The van der Waals surface area contributed by atoms with Crippen molar-refractivity contribution < 1.29 is 4.79 Å². The smallest absolute Gasteiger partial charge is 0.266 e. The van der Waals surface area contributed by atoms with Crippen LogP contribution in [0.25, 0.3) is 16.6 Å². The Morgan fingerprint density at radius 3 is 2.71 bits per heavy atom. The topological polar surface area (TPSA) is 78.0 Å². The molecule has 1 amide bonds. The van der Waals surface area contributed by atoms with Gasteiger partial charge in [-0.05, 0) is 37.3 Å². The molecule has 122 valence electrons. The van der Waals surface area contributed by atoms with Crippen LogP contribution in [-0.4, -0.2) is 20.7 Å². The first-order valence-electron chi connectivity index (χ1n) is 7.21. The van der Waals surface area contributed by atoms with Gasteiger partial charge in [-0.15, -0.1) is 0 Å². The van der Waals surface area contributed by atoms with E-state index in [9.17, 15) is 9.59 Å². The van der Waals surface area contributed by atoms with E-state index in [1.165, 1.54) is 4.57 Å². The minimum atomic E-state index is -0.525. The fourth-order valence-electron chi connectivity index (χ4n) is 2.25. The molecule has 2 N–H and O–H groups in total. The summed E-state index contributed by atoms with van der Waals surface area (Å²) in [6.45, 7) is 1.68. The summed E-state index contributed by atoms with van der Waals surface area (Å²) in [5, 5.41) is 0.871. The third kappa shape index (κ3) is 3.16. The van der Waals surface area contributed by atoms with Gasteiger partial charge >= 0.3 is 0 Å². The summed E-state index contributed by atoms with van der Waals surface area (Å²) in [4.78, 5) is 28.9. The quantitative estimate of drug-likeness (QED) is 0.573. The summed E-state index contributed by atoms with van der Waals surface area (Å²) in [6.07, 6.45) is 0. The van der Waals surface area contributed by atoms with Crippen molar-refractivity contribution in [3.05, 3.63) is 63.9 Å². The molecule has 7 heteroatoms. The molecule has 0 bridgehead atoms. The zero-order valence-electron chi connectivity index (χ0n) is 12.8. The largest absolute Gasteiger partial charge is 0.369 e. The average molecular weight is 360 g/mol. The molecule has 5 nitrogen and oxygen atoms in total. The molecule has 1 atom stereocenters. The van der Waals surface area contributed by atoms with E-state index in [1.54, 1.807) is 49.4 Å². The van der Waals surface area contributed by atoms with E-state index in [1.807, 2.05) is 6.07 Å². The predicted octanol–water partition coefficient (Wildman–Crippen LogP) is 3.01. The number of nitrogens with two attached hydrogens (primary N) is 1. The SMILES string of the molecule is CC(Sc1nc2ccccc2c(=O)n1-c1cccc(Cl)c1)C(N)=O. The first-order chi connectivity index (χ1) is 11.5. The molecule has 0 aliphatic carbocycles. The summed E-state index contributed by atoms with van der Waals surface area (Å²) in [6, 6.07) is 14.0. The van der Waals surface area contributed by atoms with Gasteiger partial charge in [-0.2, -0.15) is 0 Å². The molecule has 0 aliphatic heterocycles. The number of nitrogens with zero attached hydrogens (tertiary/aromatic N) is 2. The molecule has 3 rings (SSSR count). The fraction of sp³-hybridized carbons (Fsp3) is 0.118. The lowest BCUT2D eigenvalue weighted by molar-refractivity contribution is -0.117. The Balaban J connectivity index is 2.29. The molecular weight excluding hydrogens is 346 g/mol. The molecule has 0 spiro atoms. The molecule has 0 saturated heterocycles. The molecular formula is C17H14ClN3O2S. The number of para-hydroxylation sites is 1. The van der Waals surface area contributed by atoms with Crippen molar-refractivity contribution in [1.82, 2.24) is 9.55 Å². The molecule has 24 heavy (non-hydrogen) atoms. The van der Waals surface area contributed by atoms with Crippen LogP contribution in [-0.2, 0) is 4.79 Å². The number of hydrogen-bond acceptors (Lipinski definition) is 4. The Morgan fingerprint density at radius 1 is 1.25 bits per heavy atom. The second kappa shape index (κ2) is 6.67. The van der Waals surface area contributed by atoms with Gasteiger partial charge in [0.2, 0.25) is 5.91 Å². The van der Waals surface area contributed by atoms with E-state index in [-0.39, 0.29) is 5.56 Å². The van der Waals surface area contributed by atoms with Gasteiger partial charge in [0.05, 0.1) is 21.8 Å². The zero-order chi connectivity index (χ0) is 17.3.